The molecule has 1 aliphatic heterocycles. The molecule has 2 heterocycles. The van der Waals surface area contributed by atoms with Crippen molar-refractivity contribution in [3.05, 3.63) is 53.9 Å². The first kappa shape index (κ1) is 15.0. The lowest BCUT2D eigenvalue weighted by atomic mass is 10.1. The predicted octanol–water partition coefficient (Wildman–Crippen LogP) is 3.01. The van der Waals surface area contributed by atoms with E-state index in [-0.39, 0.29) is 0 Å². The van der Waals surface area contributed by atoms with Gasteiger partial charge in [0.05, 0.1) is 6.10 Å². The number of benzene rings is 1. The highest BCUT2D eigenvalue weighted by Crippen LogP contribution is 2.18. The maximum Gasteiger partial charge on any atom is 0.225 e. The van der Waals surface area contributed by atoms with Crippen LogP contribution in [0.2, 0.25) is 0 Å². The molecule has 1 aromatic carbocycles. The number of anilines is 1. The van der Waals surface area contributed by atoms with E-state index in [0.29, 0.717) is 6.10 Å². The predicted molar refractivity (Wildman–Crippen MR) is 88.1 cm³/mol. The highest BCUT2D eigenvalue weighted by molar-refractivity contribution is 5.31. The summed E-state index contributed by atoms with van der Waals surface area (Å²) in [7, 11) is 0. The Hall–Kier alpha value is -1.94. The molecule has 22 heavy (non-hydrogen) atoms. The smallest absolute Gasteiger partial charge is 0.225 e. The van der Waals surface area contributed by atoms with Gasteiger partial charge in [0.1, 0.15) is 0 Å². The van der Waals surface area contributed by atoms with Crippen LogP contribution in [0.25, 0.3) is 0 Å². The molecule has 4 nitrogen and oxygen atoms in total. The largest absolute Gasteiger partial charge is 0.376 e. The van der Waals surface area contributed by atoms with Crippen LogP contribution in [0.5, 0.6) is 0 Å². The van der Waals surface area contributed by atoms with E-state index in [1.54, 1.807) is 0 Å². The summed E-state index contributed by atoms with van der Waals surface area (Å²) in [4.78, 5) is 11.0. The first-order chi connectivity index (χ1) is 10.8. The fourth-order valence-electron chi connectivity index (χ4n) is 2.77. The van der Waals surface area contributed by atoms with Crippen LogP contribution in [0.4, 0.5) is 5.95 Å². The third kappa shape index (κ3) is 4.04. The number of rotatable bonds is 6. The van der Waals surface area contributed by atoms with Gasteiger partial charge in [-0.1, -0.05) is 30.3 Å². The van der Waals surface area contributed by atoms with Crippen molar-refractivity contribution in [1.29, 1.82) is 0 Å². The van der Waals surface area contributed by atoms with Gasteiger partial charge >= 0.3 is 0 Å². The summed E-state index contributed by atoms with van der Waals surface area (Å²) in [6.45, 7) is 4.70. The molecule has 116 valence electrons. The van der Waals surface area contributed by atoms with E-state index in [1.165, 1.54) is 5.56 Å². The van der Waals surface area contributed by atoms with E-state index in [0.717, 1.165) is 50.5 Å². The third-order valence-electron chi connectivity index (χ3n) is 4.00. The third-order valence-corrected chi connectivity index (χ3v) is 4.00. The molecule has 3 rings (SSSR count). The van der Waals surface area contributed by atoms with Crippen LogP contribution in [-0.2, 0) is 11.2 Å². The summed E-state index contributed by atoms with van der Waals surface area (Å²) in [6, 6.07) is 10.6. The average molecular weight is 297 g/mol. The van der Waals surface area contributed by atoms with Gasteiger partial charge < -0.3 is 9.64 Å². The Labute approximate surface area is 132 Å². The number of hydrogen-bond acceptors (Lipinski definition) is 4. The zero-order chi connectivity index (χ0) is 15.2. The number of aromatic nitrogens is 2. The summed E-state index contributed by atoms with van der Waals surface area (Å²) >= 11 is 0. The molecule has 0 spiro atoms. The Balaban J connectivity index is 1.39. The molecule has 0 saturated carbocycles. The minimum absolute atomic E-state index is 0.306. The van der Waals surface area contributed by atoms with Gasteiger partial charge in [0, 0.05) is 32.1 Å². The highest BCUT2D eigenvalue weighted by Gasteiger charge is 2.24. The van der Waals surface area contributed by atoms with Crippen LogP contribution in [0.1, 0.15) is 24.0 Å². The van der Waals surface area contributed by atoms with Crippen molar-refractivity contribution in [2.75, 3.05) is 24.6 Å². The van der Waals surface area contributed by atoms with E-state index in [4.69, 9.17) is 4.74 Å². The Morgan fingerprint density at radius 3 is 2.73 bits per heavy atom. The molecule has 1 fully saturated rings. The maximum absolute atomic E-state index is 6.00. The number of aryl methyl sites for hydroxylation is 2. The van der Waals surface area contributed by atoms with E-state index < -0.39 is 0 Å². The zero-order valence-electron chi connectivity index (χ0n) is 13.1. The molecule has 0 radical (unpaired) electrons. The van der Waals surface area contributed by atoms with Crippen LogP contribution in [-0.4, -0.2) is 35.8 Å². The van der Waals surface area contributed by atoms with E-state index in [9.17, 15) is 0 Å². The van der Waals surface area contributed by atoms with E-state index in [1.807, 2.05) is 19.3 Å². The highest BCUT2D eigenvalue weighted by atomic mass is 16.5. The summed E-state index contributed by atoms with van der Waals surface area (Å²) in [6.07, 6.45) is 7.26. The Kier molecular flexibility index (Phi) is 5.01. The van der Waals surface area contributed by atoms with Crippen LogP contribution < -0.4 is 4.90 Å². The van der Waals surface area contributed by atoms with Crippen molar-refractivity contribution in [2.45, 2.75) is 32.3 Å². The Morgan fingerprint density at radius 1 is 1.18 bits per heavy atom. The fourth-order valence-corrected chi connectivity index (χ4v) is 2.77. The molecular formula is C18H23N3O. The van der Waals surface area contributed by atoms with E-state index >= 15 is 0 Å². The lowest BCUT2D eigenvalue weighted by molar-refractivity contribution is 0.0666. The van der Waals surface area contributed by atoms with Crippen molar-refractivity contribution < 1.29 is 4.74 Å². The molecule has 0 N–H and O–H groups in total. The topological polar surface area (TPSA) is 38.2 Å². The molecule has 1 unspecified atom stereocenters. The Bertz CT molecular complexity index is 571. The number of nitrogens with zero attached hydrogens (tertiary/aromatic N) is 3. The second-order valence-corrected chi connectivity index (χ2v) is 5.88. The zero-order valence-corrected chi connectivity index (χ0v) is 13.1. The van der Waals surface area contributed by atoms with Gasteiger partial charge in [0.25, 0.3) is 0 Å². The normalized spacial score (nSPS) is 17.9. The first-order valence-electron chi connectivity index (χ1n) is 8.00. The first-order valence-corrected chi connectivity index (χ1v) is 8.00. The van der Waals surface area contributed by atoms with Crippen LogP contribution in [0.15, 0.2) is 42.7 Å². The molecule has 0 aliphatic carbocycles. The quantitative estimate of drug-likeness (QED) is 0.768. The van der Waals surface area contributed by atoms with Gasteiger partial charge in [-0.05, 0) is 37.3 Å². The summed E-state index contributed by atoms with van der Waals surface area (Å²) in [5.41, 5.74) is 2.48. The molecule has 2 aromatic rings. The van der Waals surface area contributed by atoms with Gasteiger partial charge in [-0.15, -0.1) is 0 Å². The number of ether oxygens (including phenoxy) is 1. The van der Waals surface area contributed by atoms with Gasteiger partial charge in [-0.2, -0.15) is 0 Å². The van der Waals surface area contributed by atoms with Gasteiger partial charge in [-0.3, -0.25) is 0 Å². The van der Waals surface area contributed by atoms with Crippen LogP contribution >= 0.6 is 0 Å². The van der Waals surface area contributed by atoms with E-state index in [2.05, 4.69) is 45.2 Å². The fraction of sp³-hybridized carbons (Fsp3) is 0.444. The molecular weight excluding hydrogens is 274 g/mol. The van der Waals surface area contributed by atoms with Crippen molar-refractivity contribution in [3.63, 3.8) is 0 Å². The van der Waals surface area contributed by atoms with Crippen molar-refractivity contribution in [2.24, 2.45) is 0 Å². The second-order valence-electron chi connectivity index (χ2n) is 5.88. The lowest BCUT2D eigenvalue weighted by Crippen LogP contribution is -2.24. The SMILES string of the molecule is Cc1cnc(N2CCC(OCCCc3ccccc3)C2)nc1. The molecule has 1 atom stereocenters. The lowest BCUT2D eigenvalue weighted by Gasteiger charge is -2.16. The summed E-state index contributed by atoms with van der Waals surface area (Å²) < 4.78 is 6.00. The summed E-state index contributed by atoms with van der Waals surface area (Å²) in [5, 5.41) is 0. The van der Waals surface area contributed by atoms with Crippen LogP contribution in [0, 0.1) is 6.92 Å². The standard InChI is InChI=1S/C18H23N3O/c1-15-12-19-18(20-13-15)21-10-9-17(14-21)22-11-5-8-16-6-3-2-4-7-16/h2-4,6-7,12-13,17H,5,8-11,14H2,1H3. The number of hydrogen-bond donors (Lipinski definition) is 0. The minimum atomic E-state index is 0.306. The minimum Gasteiger partial charge on any atom is -0.376 e. The average Bonchev–Trinajstić information content (AvgIpc) is 3.02. The molecule has 1 aliphatic rings. The monoisotopic (exact) mass is 297 g/mol. The van der Waals surface area contributed by atoms with Gasteiger partial charge in [0.15, 0.2) is 0 Å². The molecule has 4 heteroatoms. The summed E-state index contributed by atoms with van der Waals surface area (Å²) in [5.74, 6) is 0.820. The molecule has 1 aromatic heterocycles. The van der Waals surface area contributed by atoms with Crippen molar-refractivity contribution in [3.8, 4) is 0 Å². The molecule has 0 amide bonds. The van der Waals surface area contributed by atoms with Gasteiger partial charge in [0.2, 0.25) is 5.95 Å². The van der Waals surface area contributed by atoms with Gasteiger partial charge in [-0.25, -0.2) is 9.97 Å². The van der Waals surface area contributed by atoms with Crippen LogP contribution in [0.3, 0.4) is 0 Å². The van der Waals surface area contributed by atoms with Crippen molar-refractivity contribution >= 4 is 5.95 Å². The van der Waals surface area contributed by atoms with Crippen molar-refractivity contribution in [1.82, 2.24) is 9.97 Å². The maximum atomic E-state index is 6.00. The molecule has 0 bridgehead atoms. The molecule has 1 saturated heterocycles. The second kappa shape index (κ2) is 7.36. The Morgan fingerprint density at radius 2 is 1.95 bits per heavy atom.